The van der Waals surface area contributed by atoms with Crippen LogP contribution in [0.1, 0.15) is 13.0 Å². The molecule has 0 aliphatic heterocycles. The minimum absolute atomic E-state index is 0.0499. The molecule has 170 valence electrons. The quantitative estimate of drug-likeness (QED) is 0.326. The molecule has 0 saturated carbocycles. The van der Waals surface area contributed by atoms with Crippen LogP contribution in [0, 0.1) is 0 Å². The molecule has 1 amide bonds. The number of carbonyl (C=O) groups is 1. The zero-order valence-electron chi connectivity index (χ0n) is 18.0. The molecule has 2 heterocycles. The van der Waals surface area contributed by atoms with Crippen molar-refractivity contribution in [2.24, 2.45) is 0 Å². The summed E-state index contributed by atoms with van der Waals surface area (Å²) in [6.45, 7) is 1.24. The monoisotopic (exact) mass is 447 g/mol. The van der Waals surface area contributed by atoms with Gasteiger partial charge in [0.1, 0.15) is 35.3 Å². The highest BCUT2D eigenvalue weighted by Gasteiger charge is 2.22. The molecular weight excluding hydrogens is 422 g/mol. The van der Waals surface area contributed by atoms with Gasteiger partial charge in [0.25, 0.3) is 0 Å². The van der Waals surface area contributed by atoms with Crippen molar-refractivity contribution in [3.8, 4) is 22.6 Å². The van der Waals surface area contributed by atoms with Crippen LogP contribution in [0.25, 0.3) is 22.2 Å². The van der Waals surface area contributed by atoms with Crippen molar-refractivity contribution in [1.82, 2.24) is 19.9 Å². The van der Waals surface area contributed by atoms with Crippen molar-refractivity contribution in [3.63, 3.8) is 0 Å². The summed E-state index contributed by atoms with van der Waals surface area (Å²) >= 11 is 0. The SMILES string of the molecule is CC(C(=O)NCC(O)CO)n1cc(-c2ccc(Oc3ccccc3)cc2)c2c(N)ncnc21. The van der Waals surface area contributed by atoms with Crippen molar-refractivity contribution in [2.75, 3.05) is 18.9 Å². The largest absolute Gasteiger partial charge is 0.457 e. The van der Waals surface area contributed by atoms with Crippen LogP contribution in [0.5, 0.6) is 11.5 Å². The third-order valence-corrected chi connectivity index (χ3v) is 5.30. The molecule has 9 nitrogen and oxygen atoms in total. The number of carbonyl (C=O) groups excluding carboxylic acids is 1. The standard InChI is InChI=1S/C24H25N5O4/c1-15(24(32)26-11-17(31)13-30)29-12-20(21-22(25)27-14-28-23(21)29)16-7-9-19(10-8-16)33-18-5-3-2-4-6-18/h2-10,12,14-15,17,30-31H,11,13H2,1H3,(H,26,32)(H2,25,27,28). The van der Waals surface area contributed by atoms with Crippen molar-refractivity contribution >= 4 is 22.8 Å². The van der Waals surface area contributed by atoms with Gasteiger partial charge in [-0.25, -0.2) is 9.97 Å². The summed E-state index contributed by atoms with van der Waals surface area (Å²) in [4.78, 5) is 21.1. The molecule has 2 unspecified atom stereocenters. The molecule has 2 aromatic carbocycles. The van der Waals surface area contributed by atoms with Crippen LogP contribution < -0.4 is 15.8 Å². The molecule has 2 aromatic heterocycles. The van der Waals surface area contributed by atoms with E-state index in [1.54, 1.807) is 11.5 Å². The van der Waals surface area contributed by atoms with Gasteiger partial charge in [0, 0.05) is 18.3 Å². The predicted molar refractivity (Wildman–Crippen MR) is 125 cm³/mol. The van der Waals surface area contributed by atoms with E-state index in [0.29, 0.717) is 22.6 Å². The Kier molecular flexibility index (Phi) is 6.53. The number of anilines is 1. The van der Waals surface area contributed by atoms with Crippen LogP contribution in [-0.4, -0.2) is 49.9 Å². The second-order valence-electron chi connectivity index (χ2n) is 7.60. The molecule has 9 heteroatoms. The number of benzene rings is 2. The smallest absolute Gasteiger partial charge is 0.242 e. The zero-order chi connectivity index (χ0) is 23.4. The Morgan fingerprint density at radius 2 is 1.82 bits per heavy atom. The molecule has 0 aliphatic rings. The van der Waals surface area contributed by atoms with Crippen LogP contribution in [0.4, 0.5) is 5.82 Å². The highest BCUT2D eigenvalue weighted by Crippen LogP contribution is 2.35. The van der Waals surface area contributed by atoms with E-state index >= 15 is 0 Å². The summed E-state index contributed by atoms with van der Waals surface area (Å²) in [5, 5.41) is 21.7. The fourth-order valence-electron chi connectivity index (χ4n) is 3.51. The van der Waals surface area contributed by atoms with Gasteiger partial charge in [0.05, 0.1) is 18.1 Å². The van der Waals surface area contributed by atoms with E-state index in [9.17, 15) is 9.90 Å². The third-order valence-electron chi connectivity index (χ3n) is 5.30. The van der Waals surface area contributed by atoms with E-state index < -0.39 is 18.8 Å². The number of ether oxygens (including phenoxy) is 1. The molecule has 2 atom stereocenters. The maximum Gasteiger partial charge on any atom is 0.242 e. The fraction of sp³-hybridized carbons (Fsp3) is 0.208. The normalized spacial score (nSPS) is 12.9. The number of aliphatic hydroxyl groups is 2. The third kappa shape index (κ3) is 4.79. The maximum absolute atomic E-state index is 12.6. The number of para-hydroxylation sites is 1. The van der Waals surface area contributed by atoms with Crippen LogP contribution in [0.15, 0.2) is 67.1 Å². The van der Waals surface area contributed by atoms with Gasteiger partial charge in [-0.05, 0) is 36.8 Å². The van der Waals surface area contributed by atoms with Crippen LogP contribution in [-0.2, 0) is 4.79 Å². The summed E-state index contributed by atoms with van der Waals surface area (Å²) in [6.07, 6.45) is 2.15. The number of nitrogens with one attached hydrogen (secondary N) is 1. The number of fused-ring (bicyclic) bond motifs is 1. The topological polar surface area (TPSA) is 136 Å². The molecule has 4 rings (SSSR count). The second kappa shape index (κ2) is 9.68. The number of aliphatic hydroxyl groups excluding tert-OH is 2. The Hall–Kier alpha value is -3.95. The van der Waals surface area contributed by atoms with Crippen molar-refractivity contribution in [1.29, 1.82) is 0 Å². The Bertz CT molecular complexity index is 1240. The first kappa shape index (κ1) is 22.3. The van der Waals surface area contributed by atoms with Crippen molar-refractivity contribution in [3.05, 3.63) is 67.1 Å². The molecule has 33 heavy (non-hydrogen) atoms. The first-order valence-corrected chi connectivity index (χ1v) is 10.5. The van der Waals surface area contributed by atoms with E-state index in [1.807, 2.05) is 60.8 Å². The molecule has 0 bridgehead atoms. The average molecular weight is 447 g/mol. The molecule has 0 radical (unpaired) electrons. The summed E-state index contributed by atoms with van der Waals surface area (Å²) in [5.74, 6) is 1.41. The lowest BCUT2D eigenvalue weighted by atomic mass is 10.1. The summed E-state index contributed by atoms with van der Waals surface area (Å²) in [5.41, 5.74) is 8.35. The molecule has 0 aliphatic carbocycles. The summed E-state index contributed by atoms with van der Waals surface area (Å²) in [7, 11) is 0. The number of hydrogen-bond donors (Lipinski definition) is 4. The number of rotatable bonds is 8. The summed E-state index contributed by atoms with van der Waals surface area (Å²) < 4.78 is 7.58. The zero-order valence-corrected chi connectivity index (χ0v) is 18.0. The second-order valence-corrected chi connectivity index (χ2v) is 7.60. The van der Waals surface area contributed by atoms with E-state index in [1.165, 1.54) is 6.33 Å². The van der Waals surface area contributed by atoms with E-state index in [4.69, 9.17) is 15.6 Å². The van der Waals surface area contributed by atoms with Crippen LogP contribution in [0.2, 0.25) is 0 Å². The van der Waals surface area contributed by atoms with Gasteiger partial charge in [0.2, 0.25) is 5.91 Å². The average Bonchev–Trinajstić information content (AvgIpc) is 3.24. The number of aromatic nitrogens is 3. The van der Waals surface area contributed by atoms with Gasteiger partial charge in [-0.15, -0.1) is 0 Å². The van der Waals surface area contributed by atoms with Gasteiger partial charge < -0.3 is 30.6 Å². The molecule has 4 aromatic rings. The van der Waals surface area contributed by atoms with Gasteiger partial charge in [-0.2, -0.15) is 0 Å². The van der Waals surface area contributed by atoms with Gasteiger partial charge in [0.15, 0.2) is 0 Å². The first-order valence-electron chi connectivity index (χ1n) is 10.5. The fourth-order valence-corrected chi connectivity index (χ4v) is 3.51. The lowest BCUT2D eigenvalue weighted by Crippen LogP contribution is -2.37. The van der Waals surface area contributed by atoms with Gasteiger partial charge in [-0.3, -0.25) is 4.79 Å². The lowest BCUT2D eigenvalue weighted by Gasteiger charge is -2.16. The number of nitrogens with two attached hydrogens (primary N) is 1. The molecular formula is C24H25N5O4. The van der Waals surface area contributed by atoms with E-state index in [0.717, 1.165) is 16.9 Å². The highest BCUT2D eigenvalue weighted by molar-refractivity contribution is 6.01. The minimum atomic E-state index is -1.02. The predicted octanol–water partition coefficient (Wildman–Crippen LogP) is 2.50. The minimum Gasteiger partial charge on any atom is -0.457 e. The lowest BCUT2D eigenvalue weighted by molar-refractivity contribution is -0.124. The number of nitrogens with zero attached hydrogens (tertiary/aromatic N) is 3. The molecule has 0 spiro atoms. The Balaban J connectivity index is 1.65. The first-order chi connectivity index (χ1) is 16.0. The Morgan fingerprint density at radius 1 is 1.12 bits per heavy atom. The van der Waals surface area contributed by atoms with Crippen molar-refractivity contribution in [2.45, 2.75) is 19.1 Å². The number of nitrogen functional groups attached to an aromatic ring is 1. The van der Waals surface area contributed by atoms with Crippen LogP contribution >= 0.6 is 0 Å². The van der Waals surface area contributed by atoms with E-state index in [2.05, 4.69) is 15.3 Å². The molecule has 0 saturated heterocycles. The van der Waals surface area contributed by atoms with Crippen molar-refractivity contribution < 1.29 is 19.7 Å². The van der Waals surface area contributed by atoms with Gasteiger partial charge in [-0.1, -0.05) is 30.3 Å². The van der Waals surface area contributed by atoms with Crippen LogP contribution in [0.3, 0.4) is 0 Å². The summed E-state index contributed by atoms with van der Waals surface area (Å²) in [6, 6.07) is 16.4. The molecule has 5 N–H and O–H groups in total. The number of amides is 1. The number of hydrogen-bond acceptors (Lipinski definition) is 7. The Morgan fingerprint density at radius 3 is 2.52 bits per heavy atom. The van der Waals surface area contributed by atoms with Gasteiger partial charge >= 0.3 is 0 Å². The van der Waals surface area contributed by atoms with E-state index in [-0.39, 0.29) is 12.5 Å². The highest BCUT2D eigenvalue weighted by atomic mass is 16.5. The molecule has 0 fully saturated rings. The maximum atomic E-state index is 12.6. The Labute approximate surface area is 190 Å².